The second-order valence-electron chi connectivity index (χ2n) is 2.30. The molecule has 4 nitrogen and oxygen atoms in total. The molecule has 0 aliphatic carbocycles. The Bertz CT molecular complexity index is 248. The molecule has 66 valence electrons. The lowest BCUT2D eigenvalue weighted by atomic mass is 10.2. The molecule has 1 aromatic rings. The van der Waals surface area contributed by atoms with E-state index in [4.69, 9.17) is 5.73 Å². The Hall–Kier alpha value is -0.940. The number of methoxy groups -OCH3 is 1. The van der Waals surface area contributed by atoms with Gasteiger partial charge in [-0.3, -0.25) is 4.79 Å². The number of carbonyl (C=O) groups is 1. The normalized spacial score (nSPS) is 12.5. The Balaban J connectivity index is 2.49. The average molecular weight is 186 g/mol. The molecule has 0 radical (unpaired) electrons. The molecule has 0 saturated carbocycles. The minimum atomic E-state index is -0.344. The highest BCUT2D eigenvalue weighted by Crippen LogP contribution is 2.13. The fraction of sp³-hybridized carbons (Fsp3) is 0.429. The zero-order valence-electron chi connectivity index (χ0n) is 6.69. The lowest BCUT2D eigenvalue weighted by molar-refractivity contribution is -0.141. The van der Waals surface area contributed by atoms with Gasteiger partial charge in [-0.25, -0.2) is 4.98 Å². The summed E-state index contributed by atoms with van der Waals surface area (Å²) in [6, 6.07) is -0.344. The van der Waals surface area contributed by atoms with Crippen LogP contribution in [0.15, 0.2) is 10.9 Å². The molecule has 0 saturated heterocycles. The van der Waals surface area contributed by atoms with E-state index < -0.39 is 0 Å². The summed E-state index contributed by atoms with van der Waals surface area (Å²) in [5, 5.41) is 1.83. The topological polar surface area (TPSA) is 65.2 Å². The SMILES string of the molecule is COC(=O)C[C@H](N)c1cscn1. The predicted molar refractivity (Wildman–Crippen MR) is 45.7 cm³/mol. The van der Waals surface area contributed by atoms with Crippen molar-refractivity contribution in [2.75, 3.05) is 7.11 Å². The number of thiazole rings is 1. The van der Waals surface area contributed by atoms with E-state index in [1.807, 2.05) is 5.38 Å². The number of hydrogen-bond acceptors (Lipinski definition) is 5. The standard InChI is InChI=1S/C7H10N2O2S/c1-11-7(10)2-5(8)6-3-12-4-9-6/h3-5H,2,8H2,1H3/t5-/m0/s1. The van der Waals surface area contributed by atoms with Crippen molar-refractivity contribution in [2.45, 2.75) is 12.5 Å². The third-order valence-corrected chi connectivity index (χ3v) is 2.05. The van der Waals surface area contributed by atoms with Crippen molar-refractivity contribution in [1.82, 2.24) is 4.98 Å². The Morgan fingerprint density at radius 3 is 3.17 bits per heavy atom. The Morgan fingerprint density at radius 2 is 2.67 bits per heavy atom. The fourth-order valence-electron chi connectivity index (χ4n) is 0.772. The van der Waals surface area contributed by atoms with Crippen LogP contribution >= 0.6 is 11.3 Å². The number of nitrogens with two attached hydrogens (primary N) is 1. The molecule has 0 amide bonds. The highest BCUT2D eigenvalue weighted by Gasteiger charge is 2.12. The number of esters is 1. The summed E-state index contributed by atoms with van der Waals surface area (Å²) >= 11 is 1.46. The number of aromatic nitrogens is 1. The van der Waals surface area contributed by atoms with E-state index in [1.165, 1.54) is 18.4 Å². The summed E-state index contributed by atoms with van der Waals surface area (Å²) < 4.78 is 4.48. The van der Waals surface area contributed by atoms with Gasteiger partial charge < -0.3 is 10.5 Å². The van der Waals surface area contributed by atoms with Crippen LogP contribution in [0.1, 0.15) is 18.2 Å². The van der Waals surface area contributed by atoms with Crippen molar-refractivity contribution in [3.05, 3.63) is 16.6 Å². The smallest absolute Gasteiger partial charge is 0.307 e. The summed E-state index contributed by atoms with van der Waals surface area (Å²) in [6.07, 6.45) is 0.181. The van der Waals surface area contributed by atoms with E-state index in [0.717, 1.165) is 5.69 Å². The summed E-state index contributed by atoms with van der Waals surface area (Å²) in [6.45, 7) is 0. The van der Waals surface area contributed by atoms with Gasteiger partial charge in [-0.15, -0.1) is 11.3 Å². The molecule has 0 bridgehead atoms. The average Bonchev–Trinajstić information content (AvgIpc) is 2.56. The Kier molecular flexibility index (Phi) is 3.19. The van der Waals surface area contributed by atoms with Crippen LogP contribution in [-0.4, -0.2) is 18.1 Å². The highest BCUT2D eigenvalue weighted by atomic mass is 32.1. The van der Waals surface area contributed by atoms with Gasteiger partial charge in [-0.05, 0) is 0 Å². The maximum absolute atomic E-state index is 10.8. The van der Waals surface area contributed by atoms with E-state index in [1.54, 1.807) is 5.51 Å². The summed E-state index contributed by atoms with van der Waals surface area (Å²) in [4.78, 5) is 14.8. The quantitative estimate of drug-likeness (QED) is 0.706. The third-order valence-electron chi connectivity index (χ3n) is 1.45. The molecule has 1 aromatic heterocycles. The molecule has 12 heavy (non-hydrogen) atoms. The van der Waals surface area contributed by atoms with Crippen molar-refractivity contribution in [3.63, 3.8) is 0 Å². The van der Waals surface area contributed by atoms with Crippen LogP contribution in [0.4, 0.5) is 0 Å². The van der Waals surface area contributed by atoms with Crippen LogP contribution in [0, 0.1) is 0 Å². The van der Waals surface area contributed by atoms with E-state index in [9.17, 15) is 4.79 Å². The van der Waals surface area contributed by atoms with Crippen LogP contribution in [0.2, 0.25) is 0 Å². The second-order valence-corrected chi connectivity index (χ2v) is 3.02. The van der Waals surface area contributed by atoms with Gasteiger partial charge in [0.15, 0.2) is 0 Å². The first-order valence-corrected chi connectivity index (χ1v) is 4.39. The number of ether oxygens (including phenoxy) is 1. The lowest BCUT2D eigenvalue weighted by Gasteiger charge is -2.05. The van der Waals surface area contributed by atoms with Gasteiger partial charge in [0.1, 0.15) is 0 Å². The number of rotatable bonds is 3. The van der Waals surface area contributed by atoms with E-state index in [2.05, 4.69) is 9.72 Å². The highest BCUT2D eigenvalue weighted by molar-refractivity contribution is 7.07. The molecule has 0 aliphatic heterocycles. The molecule has 2 N–H and O–H groups in total. The van der Waals surface area contributed by atoms with Crippen LogP contribution in [0.5, 0.6) is 0 Å². The zero-order chi connectivity index (χ0) is 8.97. The zero-order valence-corrected chi connectivity index (χ0v) is 7.50. The predicted octanol–water partition coefficient (Wildman–Crippen LogP) is 0.706. The second kappa shape index (κ2) is 4.18. The molecule has 0 aromatic carbocycles. The maximum atomic E-state index is 10.8. The largest absolute Gasteiger partial charge is 0.469 e. The van der Waals surface area contributed by atoms with Gasteiger partial charge >= 0.3 is 5.97 Å². The number of hydrogen-bond donors (Lipinski definition) is 1. The molecular formula is C7H10N2O2S. The first kappa shape index (κ1) is 9.15. The maximum Gasteiger partial charge on any atom is 0.307 e. The third kappa shape index (κ3) is 2.28. The van der Waals surface area contributed by atoms with Crippen molar-refractivity contribution < 1.29 is 9.53 Å². The van der Waals surface area contributed by atoms with E-state index in [0.29, 0.717) is 0 Å². The lowest BCUT2D eigenvalue weighted by Crippen LogP contribution is -2.16. The van der Waals surface area contributed by atoms with Crippen molar-refractivity contribution in [1.29, 1.82) is 0 Å². The fourth-order valence-corrected chi connectivity index (χ4v) is 1.39. The number of carbonyl (C=O) groups excluding carboxylic acids is 1. The summed E-state index contributed by atoms with van der Waals surface area (Å²) in [7, 11) is 1.34. The van der Waals surface area contributed by atoms with E-state index in [-0.39, 0.29) is 18.4 Å². The van der Waals surface area contributed by atoms with Gasteiger partial charge in [0.05, 0.1) is 30.8 Å². The van der Waals surface area contributed by atoms with Crippen molar-refractivity contribution in [2.24, 2.45) is 5.73 Å². The van der Waals surface area contributed by atoms with Crippen molar-refractivity contribution >= 4 is 17.3 Å². The van der Waals surface area contributed by atoms with Gasteiger partial charge in [-0.1, -0.05) is 0 Å². The van der Waals surface area contributed by atoms with E-state index >= 15 is 0 Å². The number of nitrogens with zero attached hydrogens (tertiary/aromatic N) is 1. The molecule has 0 aliphatic rings. The monoisotopic (exact) mass is 186 g/mol. The molecule has 1 atom stereocenters. The van der Waals surface area contributed by atoms with Gasteiger partial charge in [0.2, 0.25) is 0 Å². The van der Waals surface area contributed by atoms with Gasteiger partial charge in [0.25, 0.3) is 0 Å². The Morgan fingerprint density at radius 1 is 1.92 bits per heavy atom. The molecular weight excluding hydrogens is 176 g/mol. The van der Waals surface area contributed by atoms with Crippen LogP contribution in [0.25, 0.3) is 0 Å². The molecule has 1 heterocycles. The van der Waals surface area contributed by atoms with Crippen LogP contribution < -0.4 is 5.73 Å². The molecule has 1 rings (SSSR count). The van der Waals surface area contributed by atoms with Crippen LogP contribution in [-0.2, 0) is 9.53 Å². The Labute approximate surface area is 74.4 Å². The molecule has 5 heteroatoms. The van der Waals surface area contributed by atoms with Gasteiger partial charge in [-0.2, -0.15) is 0 Å². The first-order chi connectivity index (χ1) is 5.74. The van der Waals surface area contributed by atoms with Gasteiger partial charge in [0, 0.05) is 5.38 Å². The van der Waals surface area contributed by atoms with Crippen LogP contribution in [0.3, 0.4) is 0 Å². The molecule has 0 unspecified atom stereocenters. The summed E-state index contributed by atoms with van der Waals surface area (Å²) in [5.74, 6) is -0.310. The molecule has 0 spiro atoms. The minimum Gasteiger partial charge on any atom is -0.469 e. The summed E-state index contributed by atoms with van der Waals surface area (Å²) in [5.41, 5.74) is 8.09. The first-order valence-electron chi connectivity index (χ1n) is 3.44. The van der Waals surface area contributed by atoms with Crippen molar-refractivity contribution in [3.8, 4) is 0 Å². The molecule has 0 fully saturated rings. The minimum absolute atomic E-state index is 0.181.